The van der Waals surface area contributed by atoms with Crippen LogP contribution in [-0.2, 0) is 30.5 Å². The van der Waals surface area contributed by atoms with E-state index in [0.717, 1.165) is 23.8 Å². The second-order valence-corrected chi connectivity index (χ2v) is 14.7. The van der Waals surface area contributed by atoms with Gasteiger partial charge in [-0.3, -0.25) is 24.0 Å². The zero-order valence-corrected chi connectivity index (χ0v) is 31.2. The molecule has 3 aromatic rings. The lowest BCUT2D eigenvalue weighted by molar-refractivity contribution is -0.141. The molecule has 1 aliphatic heterocycles. The molecule has 1 aromatic heterocycles. The van der Waals surface area contributed by atoms with Crippen LogP contribution in [0.1, 0.15) is 70.7 Å². The molecule has 292 valence electrons. The molecular formula is C39H51F2N7O6. The lowest BCUT2D eigenvalue weighted by Gasteiger charge is -2.41. The van der Waals surface area contributed by atoms with Crippen molar-refractivity contribution in [3.8, 4) is 11.1 Å². The summed E-state index contributed by atoms with van der Waals surface area (Å²) in [5.74, 6) is -4.07. The van der Waals surface area contributed by atoms with Crippen LogP contribution >= 0.6 is 0 Å². The van der Waals surface area contributed by atoms with E-state index in [1.165, 1.54) is 16.7 Å². The van der Waals surface area contributed by atoms with Crippen LogP contribution < -0.4 is 22.1 Å². The van der Waals surface area contributed by atoms with Crippen LogP contribution in [0.2, 0.25) is 0 Å². The molecule has 7 N–H and O–H groups in total. The highest BCUT2D eigenvalue weighted by Gasteiger charge is 2.38. The van der Waals surface area contributed by atoms with Crippen molar-refractivity contribution >= 4 is 29.5 Å². The monoisotopic (exact) mass is 751 g/mol. The Kier molecular flexibility index (Phi) is 14.1. The van der Waals surface area contributed by atoms with Gasteiger partial charge in [0.15, 0.2) is 0 Å². The van der Waals surface area contributed by atoms with Crippen LogP contribution in [0.15, 0.2) is 60.8 Å². The number of nitrogens with zero attached hydrogens (tertiary/aromatic N) is 3. The van der Waals surface area contributed by atoms with Crippen LogP contribution in [0.3, 0.4) is 0 Å². The van der Waals surface area contributed by atoms with E-state index in [0.29, 0.717) is 30.6 Å². The number of likely N-dealkylation sites (tertiary alicyclic amines) is 1. The van der Waals surface area contributed by atoms with Gasteiger partial charge in [-0.25, -0.2) is 8.78 Å². The Morgan fingerprint density at radius 1 is 1.06 bits per heavy atom. The van der Waals surface area contributed by atoms with Crippen molar-refractivity contribution in [3.63, 3.8) is 0 Å². The topological polar surface area (TPSA) is 193 Å². The molecule has 1 fully saturated rings. The molecule has 0 aliphatic carbocycles. The molecule has 0 radical (unpaired) electrons. The Labute approximate surface area is 314 Å². The molecule has 0 saturated carbocycles. The molecule has 5 amide bonds. The van der Waals surface area contributed by atoms with E-state index in [4.69, 9.17) is 11.5 Å². The first-order valence-corrected chi connectivity index (χ1v) is 18.0. The van der Waals surface area contributed by atoms with E-state index in [-0.39, 0.29) is 38.0 Å². The Morgan fingerprint density at radius 3 is 2.41 bits per heavy atom. The van der Waals surface area contributed by atoms with Crippen LogP contribution in [0.5, 0.6) is 0 Å². The summed E-state index contributed by atoms with van der Waals surface area (Å²) in [6.45, 7) is 7.43. The number of aliphatic hydroxyl groups excluding tert-OH is 1. The van der Waals surface area contributed by atoms with Crippen LogP contribution in [0.4, 0.5) is 8.78 Å². The van der Waals surface area contributed by atoms with E-state index in [1.54, 1.807) is 12.3 Å². The van der Waals surface area contributed by atoms with Gasteiger partial charge in [-0.05, 0) is 61.4 Å². The van der Waals surface area contributed by atoms with E-state index in [2.05, 4.69) is 10.6 Å². The van der Waals surface area contributed by atoms with Crippen LogP contribution in [0.25, 0.3) is 11.1 Å². The smallest absolute Gasteiger partial charge is 0.248 e. The van der Waals surface area contributed by atoms with Crippen molar-refractivity contribution in [2.24, 2.45) is 16.9 Å². The zero-order valence-electron chi connectivity index (χ0n) is 31.2. The van der Waals surface area contributed by atoms with Crippen molar-refractivity contribution in [2.45, 2.75) is 84.1 Å². The highest BCUT2D eigenvalue weighted by molar-refractivity contribution is 5.94. The van der Waals surface area contributed by atoms with Gasteiger partial charge in [0.25, 0.3) is 0 Å². The standard InChI is InChI=1S/C39H51F2N7O6/c1-24(45-37(53)31-12-8-16-47(31)38(54)30(42)20-33(43)50)36(52)44-15-9-17-48(34(51)23-49)35(39(2,3)4)32-18-26(28-19-27(40)13-14-29(28)41)22-46(32)21-25-10-6-5-7-11-25/h5-7,10-11,13-14,18-19,22,24,30-31,35,49H,8-9,12,15-17,20-21,23,42H2,1-4H3,(H2,43,50)(H,44,52)(H,45,53)/t24-,30-,31-,35-/m0/s1. The van der Waals surface area contributed by atoms with Gasteiger partial charge >= 0.3 is 0 Å². The van der Waals surface area contributed by atoms with Crippen molar-refractivity contribution < 1.29 is 37.9 Å². The van der Waals surface area contributed by atoms with Gasteiger partial charge in [0.05, 0.1) is 18.5 Å². The van der Waals surface area contributed by atoms with Crippen molar-refractivity contribution in [2.75, 3.05) is 26.2 Å². The molecule has 54 heavy (non-hydrogen) atoms. The number of halogens is 2. The molecule has 0 spiro atoms. The summed E-state index contributed by atoms with van der Waals surface area (Å²) in [5, 5.41) is 15.5. The average molecular weight is 752 g/mol. The SMILES string of the molecule is C[C@H](NC(=O)[C@@H]1CCCN1C(=O)[C@@H](N)CC(N)=O)C(=O)NCCCN(C(=O)CO)[C@@H](c1cc(-c2cc(F)ccc2F)cn1Cc1ccccc1)C(C)(C)C. The number of rotatable bonds is 16. The third-order valence-electron chi connectivity index (χ3n) is 9.44. The highest BCUT2D eigenvalue weighted by atomic mass is 19.1. The van der Waals surface area contributed by atoms with E-state index in [9.17, 15) is 33.5 Å². The third-order valence-corrected chi connectivity index (χ3v) is 9.44. The van der Waals surface area contributed by atoms with Gasteiger partial charge in [-0.15, -0.1) is 0 Å². The first kappa shape index (κ1) is 41.6. The third kappa shape index (κ3) is 10.5. The summed E-state index contributed by atoms with van der Waals surface area (Å²) in [6, 6.07) is 10.9. The van der Waals surface area contributed by atoms with Gasteiger partial charge in [0, 0.05) is 49.2 Å². The number of carbonyl (C=O) groups is 5. The number of hydrogen-bond acceptors (Lipinski definition) is 7. The molecular weight excluding hydrogens is 700 g/mol. The maximum Gasteiger partial charge on any atom is 0.248 e. The number of carbonyl (C=O) groups excluding carboxylic acids is 5. The summed E-state index contributed by atoms with van der Waals surface area (Å²) in [7, 11) is 0. The number of amides is 5. The fourth-order valence-electron chi connectivity index (χ4n) is 6.91. The molecule has 1 saturated heterocycles. The number of nitrogens with one attached hydrogen (secondary N) is 2. The van der Waals surface area contributed by atoms with E-state index >= 15 is 4.39 Å². The quantitative estimate of drug-likeness (QED) is 0.139. The number of nitrogens with two attached hydrogens (primary N) is 2. The van der Waals surface area contributed by atoms with Gasteiger partial charge in [-0.1, -0.05) is 51.1 Å². The molecule has 1 aliphatic rings. The molecule has 2 aromatic carbocycles. The molecule has 4 atom stereocenters. The van der Waals surface area contributed by atoms with E-state index in [1.807, 2.05) is 55.7 Å². The summed E-state index contributed by atoms with van der Waals surface area (Å²) >= 11 is 0. The maximum atomic E-state index is 15.0. The first-order chi connectivity index (χ1) is 25.5. The number of primary amides is 1. The predicted octanol–water partition coefficient (Wildman–Crippen LogP) is 2.59. The average Bonchev–Trinajstić information content (AvgIpc) is 3.77. The predicted molar refractivity (Wildman–Crippen MR) is 198 cm³/mol. The summed E-state index contributed by atoms with van der Waals surface area (Å²) in [6.07, 6.45) is 2.57. The minimum atomic E-state index is -1.17. The lowest BCUT2D eigenvalue weighted by atomic mass is 9.83. The second-order valence-electron chi connectivity index (χ2n) is 14.7. The largest absolute Gasteiger partial charge is 0.387 e. The van der Waals surface area contributed by atoms with Crippen LogP contribution in [-0.4, -0.2) is 93.4 Å². The minimum Gasteiger partial charge on any atom is -0.387 e. The van der Waals surface area contributed by atoms with Crippen LogP contribution in [0, 0.1) is 17.0 Å². The number of benzene rings is 2. The number of aliphatic hydroxyl groups is 1. The van der Waals surface area contributed by atoms with Crippen molar-refractivity contribution in [3.05, 3.63) is 83.7 Å². The molecule has 4 rings (SSSR count). The number of aromatic nitrogens is 1. The van der Waals surface area contributed by atoms with Crippen molar-refractivity contribution in [1.29, 1.82) is 0 Å². The van der Waals surface area contributed by atoms with Crippen molar-refractivity contribution in [1.82, 2.24) is 25.0 Å². The summed E-state index contributed by atoms with van der Waals surface area (Å²) in [5.41, 5.74) is 12.4. The zero-order chi connectivity index (χ0) is 39.7. The Bertz CT molecular complexity index is 1810. The molecule has 15 heteroatoms. The molecule has 13 nitrogen and oxygen atoms in total. The fraction of sp³-hybridized carbons (Fsp3) is 0.462. The van der Waals surface area contributed by atoms with E-state index < -0.39 is 77.4 Å². The minimum absolute atomic E-state index is 0.0681. The fourth-order valence-corrected chi connectivity index (χ4v) is 6.91. The normalized spacial score (nSPS) is 16.0. The highest BCUT2D eigenvalue weighted by Crippen LogP contribution is 2.41. The molecule has 0 unspecified atom stereocenters. The maximum absolute atomic E-state index is 15.0. The molecule has 0 bridgehead atoms. The number of hydrogen-bond donors (Lipinski definition) is 5. The van der Waals surface area contributed by atoms with Gasteiger partial charge < -0.3 is 41.6 Å². The second kappa shape index (κ2) is 18.3. The lowest BCUT2D eigenvalue weighted by Crippen LogP contribution is -2.55. The Hall–Kier alpha value is -5.15. The first-order valence-electron chi connectivity index (χ1n) is 18.0. The Balaban J connectivity index is 1.49. The van der Waals surface area contributed by atoms with Gasteiger partial charge in [0.2, 0.25) is 29.5 Å². The summed E-state index contributed by atoms with van der Waals surface area (Å²) in [4.78, 5) is 66.4. The summed E-state index contributed by atoms with van der Waals surface area (Å²) < 4.78 is 31.2. The Morgan fingerprint density at radius 2 is 1.76 bits per heavy atom. The molecule has 2 heterocycles. The van der Waals surface area contributed by atoms with Gasteiger partial charge in [-0.2, -0.15) is 0 Å². The van der Waals surface area contributed by atoms with Gasteiger partial charge in [0.1, 0.15) is 30.3 Å².